The second kappa shape index (κ2) is 9.40. The molecule has 0 atom stereocenters. The van der Waals surface area contributed by atoms with E-state index in [9.17, 15) is 4.79 Å². The van der Waals surface area contributed by atoms with Crippen LogP contribution in [0.5, 0.6) is 11.5 Å². The van der Waals surface area contributed by atoms with Crippen LogP contribution in [-0.4, -0.2) is 26.8 Å². The number of H-pyrrole nitrogens is 1. The van der Waals surface area contributed by atoms with Crippen molar-refractivity contribution in [2.24, 2.45) is 0 Å². The molecule has 1 amide bonds. The lowest BCUT2D eigenvalue weighted by Crippen LogP contribution is -2.14. The second-order valence-corrected chi connectivity index (χ2v) is 8.07. The average Bonchev–Trinajstić information content (AvgIpc) is 3.41. The number of hydrogen-bond acceptors (Lipinski definition) is 6. The average molecular weight is 423 g/mol. The SMILES string of the molecule is O=C(CSc1n[nH]c(Cc2cccs2)n1)Nc1ccc(Oc2ccccc2)cc1. The number of anilines is 1. The topological polar surface area (TPSA) is 79.9 Å². The van der Waals surface area contributed by atoms with E-state index in [0.29, 0.717) is 16.6 Å². The Morgan fingerprint density at radius 3 is 2.59 bits per heavy atom. The van der Waals surface area contributed by atoms with Crippen molar-refractivity contribution in [3.05, 3.63) is 82.8 Å². The van der Waals surface area contributed by atoms with Crippen LogP contribution in [-0.2, 0) is 11.2 Å². The lowest BCUT2D eigenvalue weighted by atomic mass is 10.3. The van der Waals surface area contributed by atoms with E-state index in [4.69, 9.17) is 4.74 Å². The fourth-order valence-electron chi connectivity index (χ4n) is 2.56. The van der Waals surface area contributed by atoms with Crippen LogP contribution in [0.4, 0.5) is 5.69 Å². The van der Waals surface area contributed by atoms with Crippen LogP contribution in [0.2, 0.25) is 0 Å². The highest BCUT2D eigenvalue weighted by molar-refractivity contribution is 7.99. The van der Waals surface area contributed by atoms with Gasteiger partial charge in [-0.15, -0.1) is 16.4 Å². The number of rotatable bonds is 8. The zero-order valence-electron chi connectivity index (χ0n) is 15.4. The summed E-state index contributed by atoms with van der Waals surface area (Å²) in [5, 5.41) is 12.6. The third-order valence-electron chi connectivity index (χ3n) is 3.88. The van der Waals surface area contributed by atoms with Crippen molar-refractivity contribution < 1.29 is 9.53 Å². The first-order valence-corrected chi connectivity index (χ1v) is 10.8. The molecule has 0 saturated heterocycles. The second-order valence-electron chi connectivity index (χ2n) is 6.10. The van der Waals surface area contributed by atoms with Crippen molar-refractivity contribution in [3.8, 4) is 11.5 Å². The van der Waals surface area contributed by atoms with Gasteiger partial charge in [0.25, 0.3) is 0 Å². The first-order valence-electron chi connectivity index (χ1n) is 8.94. The van der Waals surface area contributed by atoms with Gasteiger partial charge in [-0.2, -0.15) is 0 Å². The molecule has 0 saturated carbocycles. The summed E-state index contributed by atoms with van der Waals surface area (Å²) in [6.07, 6.45) is 0.717. The molecule has 0 aliphatic heterocycles. The molecule has 2 heterocycles. The van der Waals surface area contributed by atoms with E-state index in [2.05, 4.69) is 26.6 Å². The maximum Gasteiger partial charge on any atom is 0.234 e. The normalized spacial score (nSPS) is 10.6. The molecule has 2 aromatic carbocycles. The molecule has 29 heavy (non-hydrogen) atoms. The van der Waals surface area contributed by atoms with Gasteiger partial charge in [0.1, 0.15) is 17.3 Å². The Balaban J connectivity index is 1.25. The summed E-state index contributed by atoms with van der Waals surface area (Å²) in [7, 11) is 0. The fraction of sp³-hybridized carbons (Fsp3) is 0.0952. The Morgan fingerprint density at radius 1 is 1.03 bits per heavy atom. The van der Waals surface area contributed by atoms with E-state index in [1.165, 1.54) is 16.6 Å². The van der Waals surface area contributed by atoms with E-state index in [1.54, 1.807) is 11.3 Å². The Morgan fingerprint density at radius 2 is 1.83 bits per heavy atom. The van der Waals surface area contributed by atoms with E-state index >= 15 is 0 Å². The van der Waals surface area contributed by atoms with Crippen LogP contribution < -0.4 is 10.1 Å². The monoisotopic (exact) mass is 422 g/mol. The number of para-hydroxylation sites is 1. The summed E-state index contributed by atoms with van der Waals surface area (Å²) in [4.78, 5) is 17.8. The maximum absolute atomic E-state index is 12.2. The number of nitrogens with one attached hydrogen (secondary N) is 2. The van der Waals surface area contributed by atoms with Crippen molar-refractivity contribution in [2.45, 2.75) is 11.6 Å². The molecule has 2 aromatic heterocycles. The number of benzene rings is 2. The summed E-state index contributed by atoms with van der Waals surface area (Å²) in [6, 6.07) is 20.9. The van der Waals surface area contributed by atoms with Gasteiger partial charge in [0.15, 0.2) is 0 Å². The summed E-state index contributed by atoms with van der Waals surface area (Å²) in [5.74, 6) is 2.40. The number of aromatic amines is 1. The van der Waals surface area contributed by atoms with Crippen molar-refractivity contribution in [3.63, 3.8) is 0 Å². The predicted molar refractivity (Wildman–Crippen MR) is 116 cm³/mol. The molecule has 0 fully saturated rings. The molecular weight excluding hydrogens is 404 g/mol. The van der Waals surface area contributed by atoms with Gasteiger partial charge in [-0.05, 0) is 47.8 Å². The Hall–Kier alpha value is -3.10. The van der Waals surface area contributed by atoms with Crippen LogP contribution in [0.1, 0.15) is 10.7 Å². The number of carbonyl (C=O) groups is 1. The van der Waals surface area contributed by atoms with Crippen LogP contribution in [0, 0.1) is 0 Å². The van der Waals surface area contributed by atoms with Gasteiger partial charge in [-0.1, -0.05) is 36.0 Å². The number of carbonyl (C=O) groups excluding carboxylic acids is 1. The Labute approximate surface area is 176 Å². The van der Waals surface area contributed by atoms with Crippen molar-refractivity contribution >= 4 is 34.7 Å². The maximum atomic E-state index is 12.2. The van der Waals surface area contributed by atoms with Crippen LogP contribution in [0.25, 0.3) is 0 Å². The molecule has 0 unspecified atom stereocenters. The summed E-state index contributed by atoms with van der Waals surface area (Å²) in [6.45, 7) is 0. The third kappa shape index (κ3) is 5.69. The molecule has 146 valence electrons. The molecule has 0 bridgehead atoms. The van der Waals surface area contributed by atoms with Gasteiger partial charge in [0, 0.05) is 17.0 Å². The van der Waals surface area contributed by atoms with Gasteiger partial charge in [-0.3, -0.25) is 9.89 Å². The first kappa shape index (κ1) is 19.2. The number of hydrogen-bond donors (Lipinski definition) is 2. The molecule has 0 aliphatic carbocycles. The van der Waals surface area contributed by atoms with E-state index < -0.39 is 0 Å². The molecule has 2 N–H and O–H groups in total. The van der Waals surface area contributed by atoms with Gasteiger partial charge >= 0.3 is 0 Å². The highest BCUT2D eigenvalue weighted by Gasteiger charge is 2.09. The zero-order valence-corrected chi connectivity index (χ0v) is 17.0. The molecule has 0 spiro atoms. The lowest BCUT2D eigenvalue weighted by molar-refractivity contribution is -0.113. The highest BCUT2D eigenvalue weighted by Crippen LogP contribution is 2.23. The molecule has 8 heteroatoms. The molecule has 6 nitrogen and oxygen atoms in total. The van der Waals surface area contributed by atoms with Gasteiger partial charge in [0.05, 0.1) is 5.75 Å². The largest absolute Gasteiger partial charge is 0.457 e. The zero-order chi connectivity index (χ0) is 19.9. The number of amides is 1. The summed E-state index contributed by atoms with van der Waals surface area (Å²) < 4.78 is 5.75. The van der Waals surface area contributed by atoms with Gasteiger partial charge in [0.2, 0.25) is 11.1 Å². The quantitative estimate of drug-likeness (QED) is 0.392. The predicted octanol–water partition coefficient (Wildman–Crippen LogP) is 4.98. The van der Waals surface area contributed by atoms with Gasteiger partial charge < -0.3 is 10.1 Å². The minimum Gasteiger partial charge on any atom is -0.457 e. The first-order chi connectivity index (χ1) is 14.2. The number of thiophene rings is 1. The fourth-order valence-corrected chi connectivity index (χ4v) is 3.88. The highest BCUT2D eigenvalue weighted by atomic mass is 32.2. The Bertz CT molecular complexity index is 1050. The van der Waals surface area contributed by atoms with Crippen molar-refractivity contribution in [2.75, 3.05) is 11.1 Å². The molecule has 0 radical (unpaired) electrons. The minimum absolute atomic E-state index is 0.115. The smallest absolute Gasteiger partial charge is 0.234 e. The third-order valence-corrected chi connectivity index (χ3v) is 5.61. The van der Waals surface area contributed by atoms with Gasteiger partial charge in [-0.25, -0.2) is 4.98 Å². The molecular formula is C21H18N4O2S2. The summed E-state index contributed by atoms with van der Waals surface area (Å²) >= 11 is 2.98. The van der Waals surface area contributed by atoms with Crippen molar-refractivity contribution in [1.82, 2.24) is 15.2 Å². The summed E-state index contributed by atoms with van der Waals surface area (Å²) in [5.41, 5.74) is 0.712. The number of thioether (sulfide) groups is 1. The van der Waals surface area contributed by atoms with E-state index in [1.807, 2.05) is 66.0 Å². The number of nitrogens with zero attached hydrogens (tertiary/aromatic N) is 2. The molecule has 4 aromatic rings. The van der Waals surface area contributed by atoms with Crippen LogP contribution in [0.3, 0.4) is 0 Å². The van der Waals surface area contributed by atoms with Crippen molar-refractivity contribution in [1.29, 1.82) is 0 Å². The Kier molecular flexibility index (Phi) is 6.23. The van der Waals surface area contributed by atoms with Crippen LogP contribution >= 0.6 is 23.1 Å². The van der Waals surface area contributed by atoms with E-state index in [0.717, 1.165) is 18.0 Å². The van der Waals surface area contributed by atoms with Crippen LogP contribution in [0.15, 0.2) is 77.3 Å². The standard InChI is InChI=1S/C21H18N4O2S2/c26-20(14-29-21-23-19(24-25-21)13-18-7-4-12-28-18)22-15-8-10-17(11-9-15)27-16-5-2-1-3-6-16/h1-12H,13-14H2,(H,22,26)(H,23,24,25). The lowest BCUT2D eigenvalue weighted by Gasteiger charge is -2.07. The minimum atomic E-state index is -0.115. The molecule has 4 rings (SSSR count). The molecule has 0 aliphatic rings. The number of ether oxygens (including phenoxy) is 1. The van der Waals surface area contributed by atoms with E-state index in [-0.39, 0.29) is 11.7 Å². The number of aromatic nitrogens is 3.